The zero-order chi connectivity index (χ0) is 24.8. The van der Waals surface area contributed by atoms with Crippen molar-refractivity contribution in [1.82, 2.24) is 0 Å². The summed E-state index contributed by atoms with van der Waals surface area (Å²) in [5.41, 5.74) is -2.10. The smallest absolute Gasteiger partial charge is 0.444 e. The van der Waals surface area contributed by atoms with E-state index in [0.29, 0.717) is 17.0 Å². The molecule has 0 fully saturated rings. The van der Waals surface area contributed by atoms with Crippen molar-refractivity contribution in [3.63, 3.8) is 0 Å². The van der Waals surface area contributed by atoms with Gasteiger partial charge in [-0.3, -0.25) is 4.57 Å². The minimum Gasteiger partial charge on any atom is -0.496 e. The minimum absolute atomic E-state index is 0.303. The maximum absolute atomic E-state index is 14.0. The standard InChI is InChI=1S/C22H28ClF3NO5P/c1-14(2)31-33(28,32-15(3)4)20(18-8-6-7-9-19(18)29-5)27-16-10-12-17(13-11-16)30-22(25,26)21(23)24/h6-15,20-21,27H,1-5H3. The van der Waals surface area contributed by atoms with E-state index in [1.165, 1.54) is 31.4 Å². The van der Waals surface area contributed by atoms with Gasteiger partial charge in [-0.25, -0.2) is 4.39 Å². The van der Waals surface area contributed by atoms with E-state index < -0.39 is 37.3 Å². The van der Waals surface area contributed by atoms with Gasteiger partial charge in [0.05, 0.1) is 19.3 Å². The van der Waals surface area contributed by atoms with Crippen molar-refractivity contribution in [2.24, 2.45) is 0 Å². The predicted molar refractivity (Wildman–Crippen MR) is 122 cm³/mol. The Bertz CT molecular complexity index is 930. The fourth-order valence-electron chi connectivity index (χ4n) is 2.93. The van der Waals surface area contributed by atoms with Crippen LogP contribution in [0, 0.1) is 0 Å². The van der Waals surface area contributed by atoms with Crippen LogP contribution in [0.5, 0.6) is 11.5 Å². The first-order valence-electron chi connectivity index (χ1n) is 10.2. The molecule has 0 amide bonds. The monoisotopic (exact) mass is 509 g/mol. The van der Waals surface area contributed by atoms with Crippen LogP contribution in [0.3, 0.4) is 0 Å². The highest BCUT2D eigenvalue weighted by atomic mass is 35.5. The molecule has 2 aromatic rings. The van der Waals surface area contributed by atoms with Crippen molar-refractivity contribution < 1.29 is 36.3 Å². The molecular weight excluding hydrogens is 482 g/mol. The van der Waals surface area contributed by atoms with E-state index >= 15 is 0 Å². The SMILES string of the molecule is COc1ccccc1C(Nc1ccc(OC(F)(F)C(F)Cl)cc1)P(=O)(OC(C)C)OC(C)C. The van der Waals surface area contributed by atoms with Crippen LogP contribution in [0.4, 0.5) is 18.9 Å². The molecule has 6 nitrogen and oxygen atoms in total. The van der Waals surface area contributed by atoms with Crippen LogP contribution in [0.25, 0.3) is 0 Å². The van der Waals surface area contributed by atoms with E-state index in [-0.39, 0.29) is 5.75 Å². The zero-order valence-electron chi connectivity index (χ0n) is 18.9. The fourth-order valence-corrected chi connectivity index (χ4v) is 5.31. The van der Waals surface area contributed by atoms with E-state index in [4.69, 9.17) is 25.4 Å². The lowest BCUT2D eigenvalue weighted by atomic mass is 10.2. The van der Waals surface area contributed by atoms with Crippen molar-refractivity contribution in [2.75, 3.05) is 12.4 Å². The van der Waals surface area contributed by atoms with Crippen molar-refractivity contribution in [1.29, 1.82) is 0 Å². The van der Waals surface area contributed by atoms with Crippen molar-refractivity contribution in [3.8, 4) is 11.5 Å². The van der Waals surface area contributed by atoms with Gasteiger partial charge >= 0.3 is 13.7 Å². The second-order valence-corrected chi connectivity index (χ2v) is 10.0. The van der Waals surface area contributed by atoms with E-state index in [9.17, 15) is 17.7 Å². The second kappa shape index (κ2) is 11.5. The highest BCUT2D eigenvalue weighted by molar-refractivity contribution is 7.54. The van der Waals surface area contributed by atoms with Crippen molar-refractivity contribution in [3.05, 3.63) is 54.1 Å². The Hall–Kier alpha value is -1.93. The number of methoxy groups -OCH3 is 1. The fraction of sp³-hybridized carbons (Fsp3) is 0.455. The lowest BCUT2D eigenvalue weighted by Crippen LogP contribution is -2.32. The molecule has 33 heavy (non-hydrogen) atoms. The number of rotatable bonds is 12. The molecule has 2 unspecified atom stereocenters. The molecule has 1 N–H and O–H groups in total. The highest BCUT2D eigenvalue weighted by Gasteiger charge is 2.43. The molecule has 2 atom stereocenters. The first-order chi connectivity index (χ1) is 15.4. The van der Waals surface area contributed by atoms with Gasteiger partial charge in [0.15, 0.2) is 5.78 Å². The van der Waals surface area contributed by atoms with E-state index in [0.717, 1.165) is 0 Å². The Morgan fingerprint density at radius 3 is 2.00 bits per heavy atom. The number of benzene rings is 2. The van der Waals surface area contributed by atoms with Gasteiger partial charge in [0.2, 0.25) is 0 Å². The number of halogens is 4. The van der Waals surface area contributed by atoms with Gasteiger partial charge in [-0.15, -0.1) is 0 Å². The van der Waals surface area contributed by atoms with E-state index in [1.807, 2.05) is 0 Å². The summed E-state index contributed by atoms with van der Waals surface area (Å²) < 4.78 is 75.0. The number of alkyl halides is 4. The summed E-state index contributed by atoms with van der Waals surface area (Å²) in [5, 5.41) is 3.10. The summed E-state index contributed by atoms with van der Waals surface area (Å²) in [6, 6.07) is 12.2. The van der Waals surface area contributed by atoms with Crippen molar-refractivity contribution >= 4 is 24.9 Å². The maximum atomic E-state index is 14.0. The zero-order valence-corrected chi connectivity index (χ0v) is 20.6. The van der Waals surface area contributed by atoms with E-state index in [1.54, 1.807) is 52.0 Å². The Kier molecular flexibility index (Phi) is 9.49. The summed E-state index contributed by atoms with van der Waals surface area (Å²) >= 11 is 4.82. The summed E-state index contributed by atoms with van der Waals surface area (Å²) in [4.78, 5) is 0. The predicted octanol–water partition coefficient (Wildman–Crippen LogP) is 7.36. The highest BCUT2D eigenvalue weighted by Crippen LogP contribution is 2.63. The molecule has 0 saturated carbocycles. The Balaban J connectivity index is 2.45. The number of hydrogen-bond donors (Lipinski definition) is 1. The molecule has 0 radical (unpaired) electrons. The van der Waals surface area contributed by atoms with Crippen LogP contribution in [0.2, 0.25) is 0 Å². The lowest BCUT2D eigenvalue weighted by Gasteiger charge is -2.32. The first kappa shape index (κ1) is 27.3. The normalized spacial score (nSPS) is 14.3. The molecule has 2 rings (SSSR count). The molecule has 0 aliphatic heterocycles. The van der Waals surface area contributed by atoms with Gasteiger partial charge in [0.25, 0.3) is 5.63 Å². The van der Waals surface area contributed by atoms with Gasteiger partial charge in [0.1, 0.15) is 11.5 Å². The molecule has 0 aliphatic rings. The summed E-state index contributed by atoms with van der Waals surface area (Å²) in [5.74, 6) is -0.849. The molecule has 0 aromatic heterocycles. The Labute approximate surface area is 196 Å². The third-order valence-electron chi connectivity index (χ3n) is 4.13. The molecule has 0 saturated heterocycles. The third-order valence-corrected chi connectivity index (χ3v) is 6.86. The average molecular weight is 510 g/mol. The first-order valence-corrected chi connectivity index (χ1v) is 12.2. The van der Waals surface area contributed by atoms with Crippen LogP contribution >= 0.6 is 19.2 Å². The number of anilines is 1. The number of para-hydroxylation sites is 1. The second-order valence-electron chi connectivity index (χ2n) is 7.63. The quantitative estimate of drug-likeness (QED) is 0.238. The Morgan fingerprint density at radius 1 is 0.970 bits per heavy atom. The maximum Gasteiger partial charge on any atom is 0.444 e. The van der Waals surface area contributed by atoms with Gasteiger partial charge in [-0.1, -0.05) is 29.8 Å². The summed E-state index contributed by atoms with van der Waals surface area (Å²) in [7, 11) is -2.36. The van der Waals surface area contributed by atoms with Crippen LogP contribution in [0.1, 0.15) is 39.0 Å². The lowest BCUT2D eigenvalue weighted by molar-refractivity contribution is -0.199. The minimum atomic E-state index is -4.19. The Morgan fingerprint density at radius 2 is 1.52 bits per heavy atom. The number of hydrogen-bond acceptors (Lipinski definition) is 6. The van der Waals surface area contributed by atoms with E-state index in [2.05, 4.69) is 10.1 Å². The van der Waals surface area contributed by atoms with Gasteiger partial charge in [0, 0.05) is 11.3 Å². The molecule has 184 valence electrons. The molecule has 0 aliphatic carbocycles. The molecule has 11 heteroatoms. The number of nitrogens with one attached hydrogen (secondary N) is 1. The van der Waals surface area contributed by atoms with Gasteiger partial charge in [-0.2, -0.15) is 8.78 Å². The van der Waals surface area contributed by atoms with Crippen molar-refractivity contribution in [2.45, 2.75) is 57.4 Å². The molecule has 0 bridgehead atoms. The van der Waals surface area contributed by atoms with Gasteiger partial charge < -0.3 is 23.8 Å². The molecular formula is C22H28ClF3NO5P. The van der Waals surface area contributed by atoms with Gasteiger partial charge in [-0.05, 0) is 58.0 Å². The molecule has 0 spiro atoms. The largest absolute Gasteiger partial charge is 0.496 e. The topological polar surface area (TPSA) is 66.0 Å². The third kappa shape index (κ3) is 7.54. The summed E-state index contributed by atoms with van der Waals surface area (Å²) in [6.45, 7) is 6.93. The van der Waals surface area contributed by atoms with Crippen LogP contribution in [-0.4, -0.2) is 31.1 Å². The van der Waals surface area contributed by atoms with Crippen LogP contribution < -0.4 is 14.8 Å². The van der Waals surface area contributed by atoms with Crippen LogP contribution in [-0.2, 0) is 13.6 Å². The molecule has 0 heterocycles. The average Bonchev–Trinajstić information content (AvgIpc) is 2.71. The number of ether oxygens (including phenoxy) is 2. The molecule has 2 aromatic carbocycles. The summed E-state index contributed by atoms with van der Waals surface area (Å²) in [6.07, 6.45) is -5.03. The van der Waals surface area contributed by atoms with Crippen LogP contribution in [0.15, 0.2) is 48.5 Å².